The SMILES string of the molecule is CC1=C(O)CC(C2C=C(C(F)(F)F)C=CC2)CC1. The summed E-state index contributed by atoms with van der Waals surface area (Å²) in [7, 11) is 0. The predicted octanol–water partition coefficient (Wildman–Crippen LogP) is 4.68. The largest absolute Gasteiger partial charge is 0.512 e. The first-order chi connectivity index (χ1) is 8.38. The lowest BCUT2D eigenvalue weighted by Crippen LogP contribution is -2.22. The molecule has 0 radical (unpaired) electrons. The van der Waals surface area contributed by atoms with Gasteiger partial charge in [-0.1, -0.05) is 18.2 Å². The van der Waals surface area contributed by atoms with E-state index in [1.54, 1.807) is 6.08 Å². The average molecular weight is 258 g/mol. The van der Waals surface area contributed by atoms with Gasteiger partial charge in [0.25, 0.3) is 0 Å². The molecule has 0 heterocycles. The molecule has 0 aromatic rings. The molecule has 1 nitrogen and oxygen atoms in total. The van der Waals surface area contributed by atoms with Gasteiger partial charge < -0.3 is 5.11 Å². The maximum absolute atomic E-state index is 12.6. The van der Waals surface area contributed by atoms with Crippen LogP contribution in [0.3, 0.4) is 0 Å². The highest BCUT2D eigenvalue weighted by molar-refractivity contribution is 5.29. The van der Waals surface area contributed by atoms with E-state index >= 15 is 0 Å². The van der Waals surface area contributed by atoms with Crippen molar-refractivity contribution < 1.29 is 18.3 Å². The molecule has 2 atom stereocenters. The fourth-order valence-corrected chi connectivity index (χ4v) is 2.66. The minimum absolute atomic E-state index is 0.109. The third-order valence-electron chi connectivity index (χ3n) is 3.87. The van der Waals surface area contributed by atoms with E-state index in [0.29, 0.717) is 18.6 Å². The molecule has 2 unspecified atom stereocenters. The van der Waals surface area contributed by atoms with E-state index in [1.807, 2.05) is 6.92 Å². The molecule has 0 bridgehead atoms. The Morgan fingerprint density at radius 3 is 2.67 bits per heavy atom. The summed E-state index contributed by atoms with van der Waals surface area (Å²) >= 11 is 0. The molecule has 0 saturated carbocycles. The molecule has 0 spiro atoms. The van der Waals surface area contributed by atoms with Crippen LogP contribution < -0.4 is 0 Å². The van der Waals surface area contributed by atoms with Gasteiger partial charge in [0.2, 0.25) is 0 Å². The van der Waals surface area contributed by atoms with Crippen molar-refractivity contribution in [2.45, 2.75) is 38.8 Å². The number of aliphatic hydroxyl groups is 1. The van der Waals surface area contributed by atoms with Crippen LogP contribution in [0, 0.1) is 11.8 Å². The third-order valence-corrected chi connectivity index (χ3v) is 3.87. The van der Waals surface area contributed by atoms with Crippen molar-refractivity contribution >= 4 is 0 Å². The molecule has 2 aliphatic rings. The van der Waals surface area contributed by atoms with E-state index < -0.39 is 11.7 Å². The Morgan fingerprint density at radius 2 is 2.06 bits per heavy atom. The second-order valence-corrected chi connectivity index (χ2v) is 5.15. The summed E-state index contributed by atoms with van der Waals surface area (Å²) < 4.78 is 37.9. The summed E-state index contributed by atoms with van der Waals surface area (Å²) in [6, 6.07) is 0. The Bertz CT molecular complexity index is 415. The molecule has 0 saturated heterocycles. The van der Waals surface area contributed by atoms with E-state index in [-0.39, 0.29) is 11.8 Å². The van der Waals surface area contributed by atoms with Gasteiger partial charge in [-0.3, -0.25) is 0 Å². The van der Waals surface area contributed by atoms with Gasteiger partial charge in [0.05, 0.1) is 11.3 Å². The monoisotopic (exact) mass is 258 g/mol. The topological polar surface area (TPSA) is 20.2 Å². The first-order valence-electron chi connectivity index (χ1n) is 6.21. The van der Waals surface area contributed by atoms with Crippen molar-refractivity contribution in [1.29, 1.82) is 0 Å². The van der Waals surface area contributed by atoms with Gasteiger partial charge in [0.1, 0.15) is 0 Å². The van der Waals surface area contributed by atoms with Crippen LogP contribution in [0.2, 0.25) is 0 Å². The maximum Gasteiger partial charge on any atom is 0.416 e. The van der Waals surface area contributed by atoms with Crippen molar-refractivity contribution in [2.75, 3.05) is 0 Å². The van der Waals surface area contributed by atoms with Gasteiger partial charge in [-0.05, 0) is 43.6 Å². The minimum Gasteiger partial charge on any atom is -0.512 e. The second kappa shape index (κ2) is 4.82. The highest BCUT2D eigenvalue weighted by Gasteiger charge is 2.35. The van der Waals surface area contributed by atoms with Crippen LogP contribution in [-0.2, 0) is 0 Å². The number of hydrogen-bond acceptors (Lipinski definition) is 1. The van der Waals surface area contributed by atoms with E-state index in [2.05, 4.69) is 0 Å². The molecule has 2 rings (SSSR count). The molecule has 0 aromatic carbocycles. The van der Waals surface area contributed by atoms with E-state index in [4.69, 9.17) is 0 Å². The van der Waals surface area contributed by atoms with Crippen LogP contribution in [0.4, 0.5) is 13.2 Å². The fourth-order valence-electron chi connectivity index (χ4n) is 2.66. The Morgan fingerprint density at radius 1 is 1.33 bits per heavy atom. The standard InChI is InChI=1S/C14H17F3O/c1-9-5-6-11(8-13(9)18)10-3-2-4-12(7-10)14(15,16)17/h2,4,7,10-11,18H,3,5-6,8H2,1H3. The molecule has 2 aliphatic carbocycles. The smallest absolute Gasteiger partial charge is 0.416 e. The summed E-state index contributed by atoms with van der Waals surface area (Å²) in [6.45, 7) is 1.88. The predicted molar refractivity (Wildman–Crippen MR) is 64.1 cm³/mol. The molecule has 0 fully saturated rings. The van der Waals surface area contributed by atoms with Crippen molar-refractivity contribution in [3.05, 3.63) is 35.1 Å². The van der Waals surface area contributed by atoms with Crippen molar-refractivity contribution in [2.24, 2.45) is 11.8 Å². The van der Waals surface area contributed by atoms with Crippen LogP contribution in [0.1, 0.15) is 32.6 Å². The lowest BCUT2D eigenvalue weighted by atomic mass is 9.76. The highest BCUT2D eigenvalue weighted by Crippen LogP contribution is 2.39. The minimum atomic E-state index is -4.27. The van der Waals surface area contributed by atoms with Gasteiger partial charge in [0.15, 0.2) is 0 Å². The third kappa shape index (κ3) is 2.79. The number of rotatable bonds is 1. The quantitative estimate of drug-likeness (QED) is 0.723. The van der Waals surface area contributed by atoms with Gasteiger partial charge in [0, 0.05) is 6.42 Å². The molecule has 18 heavy (non-hydrogen) atoms. The number of alkyl halides is 3. The van der Waals surface area contributed by atoms with Gasteiger partial charge >= 0.3 is 6.18 Å². The fraction of sp³-hybridized carbons (Fsp3) is 0.571. The second-order valence-electron chi connectivity index (χ2n) is 5.15. The number of aliphatic hydroxyl groups excluding tert-OH is 1. The summed E-state index contributed by atoms with van der Waals surface area (Å²) in [6.07, 6.45) is 2.59. The lowest BCUT2D eigenvalue weighted by Gasteiger charge is -2.30. The Balaban J connectivity index is 2.12. The zero-order valence-corrected chi connectivity index (χ0v) is 10.3. The Hall–Kier alpha value is -1.19. The number of hydrogen-bond donors (Lipinski definition) is 1. The lowest BCUT2D eigenvalue weighted by molar-refractivity contribution is -0.0890. The maximum atomic E-state index is 12.6. The van der Waals surface area contributed by atoms with Crippen molar-refractivity contribution in [3.8, 4) is 0 Å². The van der Waals surface area contributed by atoms with Crippen molar-refractivity contribution in [1.82, 2.24) is 0 Å². The molecule has 0 amide bonds. The molecule has 0 aromatic heterocycles. The first kappa shape index (κ1) is 13.2. The zero-order chi connectivity index (χ0) is 13.3. The van der Waals surface area contributed by atoms with Gasteiger partial charge in [-0.2, -0.15) is 13.2 Å². The average Bonchev–Trinajstić information content (AvgIpc) is 2.32. The Kier molecular flexibility index (Phi) is 3.55. The highest BCUT2D eigenvalue weighted by atomic mass is 19.4. The molecule has 4 heteroatoms. The molecular weight excluding hydrogens is 241 g/mol. The molecule has 0 aliphatic heterocycles. The van der Waals surface area contributed by atoms with E-state index in [0.717, 1.165) is 24.5 Å². The van der Waals surface area contributed by atoms with E-state index in [1.165, 1.54) is 6.08 Å². The van der Waals surface area contributed by atoms with Crippen LogP contribution in [0.25, 0.3) is 0 Å². The number of halogens is 3. The van der Waals surface area contributed by atoms with Crippen LogP contribution in [-0.4, -0.2) is 11.3 Å². The molecule has 100 valence electrons. The van der Waals surface area contributed by atoms with Crippen molar-refractivity contribution in [3.63, 3.8) is 0 Å². The van der Waals surface area contributed by atoms with E-state index in [9.17, 15) is 18.3 Å². The molecular formula is C14H17F3O. The number of allylic oxidation sites excluding steroid dienone is 6. The zero-order valence-electron chi connectivity index (χ0n) is 10.3. The Labute approximate surface area is 105 Å². The first-order valence-corrected chi connectivity index (χ1v) is 6.21. The van der Waals surface area contributed by atoms with Crippen LogP contribution in [0.5, 0.6) is 0 Å². The van der Waals surface area contributed by atoms with Gasteiger partial charge in [-0.25, -0.2) is 0 Å². The summed E-state index contributed by atoms with van der Waals surface area (Å²) in [4.78, 5) is 0. The summed E-state index contributed by atoms with van der Waals surface area (Å²) in [5.74, 6) is 0.376. The molecule has 1 N–H and O–H groups in total. The van der Waals surface area contributed by atoms with Crippen LogP contribution >= 0.6 is 0 Å². The summed E-state index contributed by atoms with van der Waals surface area (Å²) in [5.41, 5.74) is 0.419. The summed E-state index contributed by atoms with van der Waals surface area (Å²) in [5, 5.41) is 9.72. The normalized spacial score (nSPS) is 29.4. The van der Waals surface area contributed by atoms with Crippen LogP contribution in [0.15, 0.2) is 35.1 Å². The van der Waals surface area contributed by atoms with Gasteiger partial charge in [-0.15, -0.1) is 0 Å².